The number of rotatable bonds is 4. The molecule has 2 rings (SSSR count). The van der Waals surface area contributed by atoms with Crippen LogP contribution in [0.5, 0.6) is 0 Å². The highest BCUT2D eigenvalue weighted by molar-refractivity contribution is 4.98. The summed E-state index contributed by atoms with van der Waals surface area (Å²) in [7, 11) is 0. The van der Waals surface area contributed by atoms with Gasteiger partial charge in [0.25, 0.3) is 0 Å². The number of piperidine rings is 1. The third-order valence-electron chi connectivity index (χ3n) is 4.34. The molecule has 3 heteroatoms. The lowest BCUT2D eigenvalue weighted by atomic mass is 9.94. The molecule has 0 radical (unpaired) electrons. The standard InChI is InChI=1S/C15H30N2O/c1-14(2)12-13(15(3,4)18-14)16-8-11-17-9-6-5-7-10-17/h13,16H,5-12H2,1-4H3. The molecule has 1 unspecified atom stereocenters. The molecule has 1 atom stereocenters. The fourth-order valence-electron chi connectivity index (χ4n) is 3.46. The second-order valence-electron chi connectivity index (χ2n) is 7.08. The van der Waals surface area contributed by atoms with Gasteiger partial charge in [0.15, 0.2) is 0 Å². The molecule has 0 aromatic heterocycles. The molecule has 3 nitrogen and oxygen atoms in total. The summed E-state index contributed by atoms with van der Waals surface area (Å²) < 4.78 is 6.12. The zero-order valence-electron chi connectivity index (χ0n) is 12.6. The monoisotopic (exact) mass is 254 g/mol. The van der Waals surface area contributed by atoms with Crippen molar-refractivity contribution in [2.75, 3.05) is 26.2 Å². The van der Waals surface area contributed by atoms with E-state index in [4.69, 9.17) is 4.74 Å². The Morgan fingerprint density at radius 2 is 1.78 bits per heavy atom. The highest BCUT2D eigenvalue weighted by Crippen LogP contribution is 2.37. The van der Waals surface area contributed by atoms with Crippen molar-refractivity contribution < 1.29 is 4.74 Å². The highest BCUT2D eigenvalue weighted by atomic mass is 16.5. The second-order valence-corrected chi connectivity index (χ2v) is 7.08. The van der Waals surface area contributed by atoms with E-state index in [1.165, 1.54) is 38.9 Å². The number of nitrogens with zero attached hydrogens (tertiary/aromatic N) is 1. The average molecular weight is 254 g/mol. The van der Waals surface area contributed by atoms with Crippen molar-refractivity contribution in [3.8, 4) is 0 Å². The fraction of sp³-hybridized carbons (Fsp3) is 1.00. The minimum Gasteiger partial charge on any atom is -0.368 e. The molecule has 0 bridgehead atoms. The molecule has 2 aliphatic rings. The first kappa shape index (κ1) is 14.3. The summed E-state index contributed by atoms with van der Waals surface area (Å²) in [5, 5.41) is 3.71. The maximum Gasteiger partial charge on any atom is 0.0787 e. The number of hydrogen-bond acceptors (Lipinski definition) is 3. The Morgan fingerprint density at radius 1 is 1.11 bits per heavy atom. The van der Waals surface area contributed by atoms with Gasteiger partial charge in [0.2, 0.25) is 0 Å². The molecule has 0 aliphatic carbocycles. The van der Waals surface area contributed by atoms with Crippen LogP contribution in [0, 0.1) is 0 Å². The van der Waals surface area contributed by atoms with E-state index in [9.17, 15) is 0 Å². The van der Waals surface area contributed by atoms with E-state index >= 15 is 0 Å². The molecule has 2 fully saturated rings. The van der Waals surface area contributed by atoms with Gasteiger partial charge < -0.3 is 15.0 Å². The third-order valence-corrected chi connectivity index (χ3v) is 4.34. The van der Waals surface area contributed by atoms with Gasteiger partial charge in [-0.25, -0.2) is 0 Å². The Balaban J connectivity index is 1.73. The van der Waals surface area contributed by atoms with Crippen LogP contribution in [0.1, 0.15) is 53.4 Å². The maximum atomic E-state index is 6.12. The van der Waals surface area contributed by atoms with Crippen LogP contribution < -0.4 is 5.32 Å². The van der Waals surface area contributed by atoms with E-state index in [0.29, 0.717) is 6.04 Å². The number of nitrogens with one attached hydrogen (secondary N) is 1. The van der Waals surface area contributed by atoms with Crippen molar-refractivity contribution >= 4 is 0 Å². The molecule has 0 aromatic rings. The normalized spacial score (nSPS) is 31.7. The van der Waals surface area contributed by atoms with Crippen LogP contribution in [0.15, 0.2) is 0 Å². The number of ether oxygens (including phenoxy) is 1. The zero-order chi connectivity index (χ0) is 13.2. The van der Waals surface area contributed by atoms with Gasteiger partial charge in [-0.15, -0.1) is 0 Å². The third kappa shape index (κ3) is 3.69. The van der Waals surface area contributed by atoms with Crippen LogP contribution in [0.2, 0.25) is 0 Å². The van der Waals surface area contributed by atoms with Gasteiger partial charge in [-0.2, -0.15) is 0 Å². The van der Waals surface area contributed by atoms with Gasteiger partial charge in [0.1, 0.15) is 0 Å². The van der Waals surface area contributed by atoms with Crippen LogP contribution in [0.25, 0.3) is 0 Å². The Bertz CT molecular complexity index is 270. The summed E-state index contributed by atoms with van der Waals surface area (Å²) >= 11 is 0. The van der Waals surface area contributed by atoms with Gasteiger partial charge in [-0.05, 0) is 60.0 Å². The molecule has 18 heavy (non-hydrogen) atoms. The quantitative estimate of drug-likeness (QED) is 0.834. The number of likely N-dealkylation sites (tertiary alicyclic amines) is 1. The Hall–Kier alpha value is -0.120. The Morgan fingerprint density at radius 3 is 2.33 bits per heavy atom. The van der Waals surface area contributed by atoms with Crippen LogP contribution in [-0.2, 0) is 4.74 Å². The highest BCUT2D eigenvalue weighted by Gasteiger charge is 2.45. The minimum atomic E-state index is -0.0363. The van der Waals surface area contributed by atoms with Crippen molar-refractivity contribution in [1.82, 2.24) is 10.2 Å². The minimum absolute atomic E-state index is 0.0201. The van der Waals surface area contributed by atoms with E-state index in [0.717, 1.165) is 13.0 Å². The zero-order valence-corrected chi connectivity index (χ0v) is 12.6. The first-order valence-electron chi connectivity index (χ1n) is 7.55. The number of hydrogen-bond donors (Lipinski definition) is 1. The molecule has 2 aliphatic heterocycles. The molecule has 2 heterocycles. The smallest absolute Gasteiger partial charge is 0.0787 e. The predicted octanol–water partition coefficient (Wildman–Crippen LogP) is 2.41. The van der Waals surface area contributed by atoms with E-state index in [-0.39, 0.29) is 11.2 Å². The van der Waals surface area contributed by atoms with Gasteiger partial charge in [0.05, 0.1) is 11.2 Å². The summed E-state index contributed by atoms with van der Waals surface area (Å²) in [6, 6.07) is 0.484. The van der Waals surface area contributed by atoms with Crippen LogP contribution in [-0.4, -0.2) is 48.3 Å². The first-order chi connectivity index (χ1) is 8.39. The van der Waals surface area contributed by atoms with Crippen molar-refractivity contribution in [2.24, 2.45) is 0 Å². The lowest BCUT2D eigenvalue weighted by Gasteiger charge is -2.30. The molecule has 1 N–H and O–H groups in total. The summed E-state index contributed by atoms with van der Waals surface area (Å²) in [6.07, 6.45) is 5.29. The first-order valence-corrected chi connectivity index (χ1v) is 7.55. The molecule has 0 saturated carbocycles. The summed E-state index contributed by atoms with van der Waals surface area (Å²) in [4.78, 5) is 2.59. The van der Waals surface area contributed by atoms with Crippen LogP contribution >= 0.6 is 0 Å². The molecule has 2 saturated heterocycles. The Kier molecular flexibility index (Phi) is 4.35. The van der Waals surface area contributed by atoms with Gasteiger partial charge in [0, 0.05) is 19.1 Å². The van der Waals surface area contributed by atoms with E-state index in [1.807, 2.05) is 0 Å². The Labute approximate surface area is 112 Å². The fourth-order valence-corrected chi connectivity index (χ4v) is 3.46. The largest absolute Gasteiger partial charge is 0.368 e. The molecule has 0 amide bonds. The average Bonchev–Trinajstić information content (AvgIpc) is 2.48. The SMILES string of the molecule is CC1(C)CC(NCCN2CCCCC2)C(C)(C)O1. The topological polar surface area (TPSA) is 24.5 Å². The van der Waals surface area contributed by atoms with Crippen molar-refractivity contribution in [3.63, 3.8) is 0 Å². The van der Waals surface area contributed by atoms with E-state index in [1.54, 1.807) is 0 Å². The lowest BCUT2D eigenvalue weighted by molar-refractivity contribution is -0.0698. The van der Waals surface area contributed by atoms with Gasteiger partial charge in [-0.1, -0.05) is 6.42 Å². The lowest BCUT2D eigenvalue weighted by Crippen LogP contribution is -2.46. The molecular formula is C15H30N2O. The van der Waals surface area contributed by atoms with Crippen molar-refractivity contribution in [3.05, 3.63) is 0 Å². The maximum absolute atomic E-state index is 6.12. The van der Waals surface area contributed by atoms with Gasteiger partial charge >= 0.3 is 0 Å². The van der Waals surface area contributed by atoms with Crippen LogP contribution in [0.4, 0.5) is 0 Å². The van der Waals surface area contributed by atoms with Crippen LogP contribution in [0.3, 0.4) is 0 Å². The predicted molar refractivity (Wildman–Crippen MR) is 75.9 cm³/mol. The van der Waals surface area contributed by atoms with Crippen molar-refractivity contribution in [2.45, 2.75) is 70.6 Å². The summed E-state index contributed by atoms with van der Waals surface area (Å²) in [5.74, 6) is 0. The molecule has 106 valence electrons. The molecule has 0 spiro atoms. The van der Waals surface area contributed by atoms with E-state index < -0.39 is 0 Å². The summed E-state index contributed by atoms with van der Waals surface area (Å²) in [6.45, 7) is 13.7. The molecule has 0 aromatic carbocycles. The summed E-state index contributed by atoms with van der Waals surface area (Å²) in [5.41, 5.74) is -0.0162. The second kappa shape index (κ2) is 5.48. The van der Waals surface area contributed by atoms with E-state index in [2.05, 4.69) is 37.9 Å². The molecular weight excluding hydrogens is 224 g/mol. The van der Waals surface area contributed by atoms with Gasteiger partial charge in [-0.3, -0.25) is 0 Å². The van der Waals surface area contributed by atoms with Crippen molar-refractivity contribution in [1.29, 1.82) is 0 Å².